The van der Waals surface area contributed by atoms with Crippen molar-refractivity contribution in [3.8, 4) is 11.8 Å². The molecule has 0 heterocycles. The Morgan fingerprint density at radius 3 is 2.43 bits per heavy atom. The average Bonchev–Trinajstić information content (AvgIpc) is 2.49. The van der Waals surface area contributed by atoms with Crippen molar-refractivity contribution in [2.75, 3.05) is 6.54 Å². The summed E-state index contributed by atoms with van der Waals surface area (Å²) in [4.78, 5) is 11.6. The minimum atomic E-state index is -0.327. The molecule has 0 bridgehead atoms. The lowest BCUT2D eigenvalue weighted by atomic mass is 10.1. The summed E-state index contributed by atoms with van der Waals surface area (Å²) >= 11 is 0. The molecule has 0 aromatic heterocycles. The number of nitrogens with one attached hydrogen (secondary N) is 1. The van der Waals surface area contributed by atoms with Crippen molar-refractivity contribution in [1.82, 2.24) is 5.32 Å². The Bertz CT molecular complexity index is 663. The molecule has 1 amide bonds. The van der Waals surface area contributed by atoms with Gasteiger partial charge in [0.2, 0.25) is 0 Å². The summed E-state index contributed by atoms with van der Waals surface area (Å²) in [7, 11) is 0. The van der Waals surface area contributed by atoms with E-state index in [4.69, 9.17) is 0 Å². The van der Waals surface area contributed by atoms with Gasteiger partial charge in [-0.15, -0.1) is 0 Å². The summed E-state index contributed by atoms with van der Waals surface area (Å²) < 4.78 is 12.7. The van der Waals surface area contributed by atoms with Crippen LogP contribution in [0, 0.1) is 24.6 Å². The highest BCUT2D eigenvalue weighted by atomic mass is 19.1. The molecular weight excluding hydrogens is 265 g/mol. The van der Waals surface area contributed by atoms with Crippen LogP contribution in [0.3, 0.4) is 0 Å². The molecule has 2 rings (SSSR count). The van der Waals surface area contributed by atoms with Gasteiger partial charge in [-0.1, -0.05) is 35.7 Å². The van der Waals surface area contributed by atoms with Crippen LogP contribution in [-0.2, 0) is 11.2 Å². The van der Waals surface area contributed by atoms with Crippen molar-refractivity contribution in [3.63, 3.8) is 0 Å². The maximum atomic E-state index is 12.7. The second-order valence-electron chi connectivity index (χ2n) is 4.75. The smallest absolute Gasteiger partial charge is 0.296 e. The first-order chi connectivity index (χ1) is 10.1. The summed E-state index contributed by atoms with van der Waals surface area (Å²) in [6.07, 6.45) is 0.768. The molecule has 106 valence electrons. The van der Waals surface area contributed by atoms with E-state index in [1.54, 1.807) is 12.1 Å². The molecule has 0 saturated carbocycles. The fourth-order valence-corrected chi connectivity index (χ4v) is 1.78. The van der Waals surface area contributed by atoms with Crippen molar-refractivity contribution in [1.29, 1.82) is 0 Å². The van der Waals surface area contributed by atoms with Crippen LogP contribution in [0.4, 0.5) is 4.39 Å². The van der Waals surface area contributed by atoms with Crippen LogP contribution in [0.15, 0.2) is 48.5 Å². The minimum Gasteiger partial charge on any atom is -0.345 e. The van der Waals surface area contributed by atoms with Crippen LogP contribution in [0.2, 0.25) is 0 Å². The molecule has 0 spiro atoms. The van der Waals surface area contributed by atoms with E-state index >= 15 is 0 Å². The van der Waals surface area contributed by atoms with Crippen LogP contribution in [0.5, 0.6) is 0 Å². The molecule has 0 saturated heterocycles. The zero-order valence-corrected chi connectivity index (χ0v) is 11.8. The van der Waals surface area contributed by atoms with E-state index in [0.717, 1.165) is 6.42 Å². The Labute approximate surface area is 124 Å². The maximum absolute atomic E-state index is 12.7. The maximum Gasteiger partial charge on any atom is 0.296 e. The van der Waals surface area contributed by atoms with Gasteiger partial charge in [0.1, 0.15) is 5.82 Å². The van der Waals surface area contributed by atoms with E-state index in [1.165, 1.54) is 23.3 Å². The summed E-state index contributed by atoms with van der Waals surface area (Å²) in [5.74, 6) is 4.55. The van der Waals surface area contributed by atoms with Crippen LogP contribution in [0.1, 0.15) is 16.7 Å². The van der Waals surface area contributed by atoms with Crippen molar-refractivity contribution in [2.45, 2.75) is 13.3 Å². The van der Waals surface area contributed by atoms with Gasteiger partial charge in [0.25, 0.3) is 5.91 Å². The summed E-state index contributed by atoms with van der Waals surface area (Å²) in [6, 6.07) is 13.9. The summed E-state index contributed by atoms with van der Waals surface area (Å²) in [5.41, 5.74) is 3.01. The van der Waals surface area contributed by atoms with Gasteiger partial charge in [0.05, 0.1) is 0 Å². The zero-order chi connectivity index (χ0) is 15.1. The molecule has 3 heteroatoms. The minimum absolute atomic E-state index is 0.317. The topological polar surface area (TPSA) is 29.1 Å². The number of rotatable bonds is 3. The fraction of sp³-hybridized carbons (Fsp3) is 0.167. The number of carbonyl (C=O) groups excluding carboxylic acids is 1. The number of hydrogen-bond acceptors (Lipinski definition) is 1. The Morgan fingerprint density at radius 2 is 1.76 bits per heavy atom. The third-order valence-electron chi connectivity index (χ3n) is 2.98. The van der Waals surface area contributed by atoms with Gasteiger partial charge in [-0.05, 0) is 43.2 Å². The molecule has 0 aliphatic heterocycles. The van der Waals surface area contributed by atoms with Crippen molar-refractivity contribution < 1.29 is 9.18 Å². The Morgan fingerprint density at radius 1 is 1.10 bits per heavy atom. The molecule has 0 radical (unpaired) electrons. The predicted octanol–water partition coefficient (Wildman–Crippen LogP) is 2.84. The van der Waals surface area contributed by atoms with E-state index in [2.05, 4.69) is 17.2 Å². The first kappa shape index (κ1) is 14.8. The molecule has 2 aromatic rings. The molecule has 1 N–H and O–H groups in total. The molecule has 0 aliphatic carbocycles. The molecule has 0 fully saturated rings. The molecule has 0 unspecified atom stereocenters. The predicted molar refractivity (Wildman–Crippen MR) is 81.2 cm³/mol. The second-order valence-corrected chi connectivity index (χ2v) is 4.75. The fourth-order valence-electron chi connectivity index (χ4n) is 1.78. The lowest BCUT2D eigenvalue weighted by Crippen LogP contribution is -2.23. The molecule has 21 heavy (non-hydrogen) atoms. The Balaban J connectivity index is 1.80. The van der Waals surface area contributed by atoms with Crippen LogP contribution < -0.4 is 5.32 Å². The van der Waals surface area contributed by atoms with Crippen molar-refractivity contribution in [2.24, 2.45) is 0 Å². The Kier molecular flexibility index (Phi) is 5.11. The van der Waals surface area contributed by atoms with E-state index in [9.17, 15) is 9.18 Å². The second kappa shape index (κ2) is 7.25. The standard InChI is InChI=1S/C18H16FNO/c1-14-2-4-16(5-3-14)12-13-20-18(21)11-8-15-6-9-17(19)10-7-15/h2-7,9-10H,12-13H2,1H3,(H,20,21). The van der Waals surface area contributed by atoms with Gasteiger partial charge >= 0.3 is 0 Å². The zero-order valence-electron chi connectivity index (χ0n) is 11.8. The Hall–Kier alpha value is -2.60. The molecule has 2 aromatic carbocycles. The third kappa shape index (κ3) is 5.12. The SMILES string of the molecule is Cc1ccc(CCNC(=O)C#Cc2ccc(F)cc2)cc1. The highest BCUT2D eigenvalue weighted by molar-refractivity contribution is 5.94. The van der Waals surface area contributed by atoms with Crippen LogP contribution in [-0.4, -0.2) is 12.5 Å². The quantitative estimate of drug-likeness (QED) is 0.861. The van der Waals surface area contributed by atoms with Gasteiger partial charge in [-0.2, -0.15) is 0 Å². The highest BCUT2D eigenvalue weighted by Crippen LogP contribution is 2.03. The van der Waals surface area contributed by atoms with Gasteiger partial charge in [0.15, 0.2) is 0 Å². The number of hydrogen-bond donors (Lipinski definition) is 1. The van der Waals surface area contributed by atoms with E-state index in [1.807, 2.05) is 31.2 Å². The normalized spacial score (nSPS) is 9.62. The van der Waals surface area contributed by atoms with Gasteiger partial charge in [0, 0.05) is 18.0 Å². The number of amides is 1. The largest absolute Gasteiger partial charge is 0.345 e. The highest BCUT2D eigenvalue weighted by Gasteiger charge is 1.97. The van der Waals surface area contributed by atoms with Crippen molar-refractivity contribution >= 4 is 5.91 Å². The van der Waals surface area contributed by atoms with E-state index < -0.39 is 0 Å². The lowest BCUT2D eigenvalue weighted by molar-refractivity contribution is -0.115. The van der Waals surface area contributed by atoms with E-state index in [-0.39, 0.29) is 11.7 Å². The third-order valence-corrected chi connectivity index (χ3v) is 2.98. The number of benzene rings is 2. The van der Waals surface area contributed by atoms with Gasteiger partial charge in [-0.25, -0.2) is 4.39 Å². The summed E-state index contributed by atoms with van der Waals surface area (Å²) in [5, 5.41) is 2.74. The molecule has 0 atom stereocenters. The van der Waals surface area contributed by atoms with Gasteiger partial charge in [-0.3, -0.25) is 4.79 Å². The average molecular weight is 281 g/mol. The van der Waals surface area contributed by atoms with Crippen LogP contribution >= 0.6 is 0 Å². The lowest BCUT2D eigenvalue weighted by Gasteiger charge is -2.02. The monoisotopic (exact) mass is 281 g/mol. The van der Waals surface area contributed by atoms with E-state index in [0.29, 0.717) is 12.1 Å². The first-order valence-corrected chi connectivity index (χ1v) is 6.74. The van der Waals surface area contributed by atoms with Crippen LogP contribution in [0.25, 0.3) is 0 Å². The molecular formula is C18H16FNO. The number of halogens is 1. The molecule has 2 nitrogen and oxygen atoms in total. The number of carbonyl (C=O) groups is 1. The number of aryl methyl sites for hydroxylation is 1. The summed E-state index contributed by atoms with van der Waals surface area (Å²) in [6.45, 7) is 2.58. The first-order valence-electron chi connectivity index (χ1n) is 6.74. The molecule has 0 aliphatic rings. The van der Waals surface area contributed by atoms with Gasteiger partial charge < -0.3 is 5.32 Å². The van der Waals surface area contributed by atoms with Crippen molar-refractivity contribution in [3.05, 3.63) is 71.0 Å².